The normalized spacial score (nSPS) is 14.5. The number of pyridine rings is 1. The number of esters is 1. The molecule has 1 aromatic heterocycles. The van der Waals surface area contributed by atoms with E-state index in [1.807, 2.05) is 59.5 Å². The lowest BCUT2D eigenvalue weighted by Gasteiger charge is -2.39. The van der Waals surface area contributed by atoms with Crippen molar-refractivity contribution < 1.29 is 23.4 Å². The summed E-state index contributed by atoms with van der Waals surface area (Å²) < 4.78 is 36.1. The molecule has 0 saturated carbocycles. The van der Waals surface area contributed by atoms with E-state index in [0.29, 0.717) is 39.0 Å². The van der Waals surface area contributed by atoms with E-state index in [0.717, 1.165) is 18.1 Å². The Hall–Kier alpha value is -3.13. The molecule has 0 aliphatic heterocycles. The van der Waals surface area contributed by atoms with Crippen LogP contribution in [-0.2, 0) is 10.3 Å². The van der Waals surface area contributed by atoms with Crippen molar-refractivity contribution >= 4 is 41.7 Å². The molecular formula is C34H38ClF2NO3Si. The van der Waals surface area contributed by atoms with Crippen molar-refractivity contribution in [3.05, 3.63) is 106 Å². The van der Waals surface area contributed by atoms with Gasteiger partial charge < -0.3 is 9.84 Å². The molecule has 0 aliphatic carbocycles. The van der Waals surface area contributed by atoms with Crippen LogP contribution in [0.4, 0.5) is 8.78 Å². The first kappa shape index (κ1) is 31.8. The summed E-state index contributed by atoms with van der Waals surface area (Å²) >= 11 is 6.24. The molecule has 1 N–H and O–H groups in total. The Morgan fingerprint density at radius 2 is 1.64 bits per heavy atom. The first-order valence-electron chi connectivity index (χ1n) is 14.2. The fourth-order valence-corrected chi connectivity index (χ4v) is 7.40. The molecule has 42 heavy (non-hydrogen) atoms. The predicted molar refractivity (Wildman–Crippen MR) is 168 cm³/mol. The quantitative estimate of drug-likeness (QED) is 0.161. The van der Waals surface area contributed by atoms with Gasteiger partial charge >= 0.3 is 5.97 Å². The minimum Gasteiger partial charge on any atom is -0.456 e. The minimum atomic E-state index is -2.40. The third-order valence-electron chi connectivity index (χ3n) is 7.40. The molecule has 0 bridgehead atoms. The van der Waals surface area contributed by atoms with Crippen molar-refractivity contribution in [1.82, 2.24) is 4.98 Å². The number of carbonyl (C=O) groups is 1. The highest BCUT2D eigenvalue weighted by molar-refractivity contribution is 6.90. The number of halogens is 3. The molecular weight excluding hydrogens is 572 g/mol. The van der Waals surface area contributed by atoms with Crippen LogP contribution in [0.25, 0.3) is 10.9 Å². The highest BCUT2D eigenvalue weighted by Crippen LogP contribution is 2.47. The van der Waals surface area contributed by atoms with Gasteiger partial charge in [-0.15, -0.1) is 0 Å². The summed E-state index contributed by atoms with van der Waals surface area (Å²) in [5, 5.41) is 14.2. The van der Waals surface area contributed by atoms with Crippen LogP contribution in [0.5, 0.6) is 0 Å². The second-order valence-corrected chi connectivity index (χ2v) is 18.2. The SMILES string of the molecule is CCCC(c1ccc(C(=O)OC(C)(C)C)cc1)C(O)(c1ccc(Cl)cc1)c1ccnc2c([Si](C)(C)C)c(F)c(F)cc12. The van der Waals surface area contributed by atoms with E-state index < -0.39 is 42.8 Å². The highest BCUT2D eigenvalue weighted by atomic mass is 35.5. The van der Waals surface area contributed by atoms with Crippen LogP contribution in [0.3, 0.4) is 0 Å². The van der Waals surface area contributed by atoms with Gasteiger partial charge in [-0.1, -0.05) is 68.9 Å². The minimum absolute atomic E-state index is 0.284. The van der Waals surface area contributed by atoms with Gasteiger partial charge in [0.2, 0.25) is 0 Å². The van der Waals surface area contributed by atoms with Gasteiger partial charge in [0, 0.05) is 27.7 Å². The number of fused-ring (bicyclic) bond motifs is 1. The Morgan fingerprint density at radius 1 is 1.02 bits per heavy atom. The van der Waals surface area contributed by atoms with Crippen molar-refractivity contribution in [2.24, 2.45) is 0 Å². The molecule has 0 aliphatic rings. The van der Waals surface area contributed by atoms with E-state index in [9.17, 15) is 9.90 Å². The van der Waals surface area contributed by atoms with E-state index in [1.54, 1.807) is 48.7 Å². The molecule has 0 amide bonds. The highest BCUT2D eigenvalue weighted by Gasteiger charge is 2.43. The fraction of sp³-hybridized carbons (Fsp3) is 0.353. The van der Waals surface area contributed by atoms with E-state index in [-0.39, 0.29) is 5.19 Å². The maximum Gasteiger partial charge on any atom is 0.338 e. The number of aromatic nitrogens is 1. The van der Waals surface area contributed by atoms with Crippen LogP contribution < -0.4 is 5.19 Å². The standard InChI is InChI=1S/C34H38ClF2NO3Si/c1-8-9-26(21-10-12-22(13-11-21)32(39)41-33(2,3)4)34(40,23-14-16-24(35)17-15-23)27-18-19-38-30-25(27)20-28(36)29(37)31(30)42(5,6)7/h10-20,26,40H,8-9H2,1-7H3. The van der Waals surface area contributed by atoms with Crippen LogP contribution in [0, 0.1) is 11.6 Å². The summed E-state index contributed by atoms with van der Waals surface area (Å²) in [6.07, 6.45) is 2.83. The third kappa shape index (κ3) is 6.29. The number of ether oxygens (including phenoxy) is 1. The molecule has 2 atom stereocenters. The molecule has 0 fully saturated rings. The first-order chi connectivity index (χ1) is 19.6. The average molecular weight is 610 g/mol. The van der Waals surface area contributed by atoms with Crippen LogP contribution in [0.2, 0.25) is 24.7 Å². The zero-order valence-corrected chi connectivity index (χ0v) is 26.9. The lowest BCUT2D eigenvalue weighted by Crippen LogP contribution is -2.42. The molecule has 4 nitrogen and oxygen atoms in total. The molecule has 8 heteroatoms. The molecule has 0 radical (unpaired) electrons. The number of benzene rings is 3. The van der Waals surface area contributed by atoms with Gasteiger partial charge in [-0.2, -0.15) is 0 Å². The van der Waals surface area contributed by atoms with Crippen molar-refractivity contribution in [3.63, 3.8) is 0 Å². The van der Waals surface area contributed by atoms with Crippen LogP contribution in [0.15, 0.2) is 66.9 Å². The van der Waals surface area contributed by atoms with Gasteiger partial charge in [0.05, 0.1) is 19.2 Å². The van der Waals surface area contributed by atoms with Gasteiger partial charge in [-0.3, -0.25) is 4.98 Å². The molecule has 0 saturated heterocycles. The van der Waals surface area contributed by atoms with Gasteiger partial charge in [0.25, 0.3) is 0 Å². The third-order valence-corrected chi connectivity index (χ3v) is 9.61. The summed E-state index contributed by atoms with van der Waals surface area (Å²) in [4.78, 5) is 17.2. The number of hydrogen-bond donors (Lipinski definition) is 1. The Morgan fingerprint density at radius 3 is 2.19 bits per heavy atom. The zero-order valence-electron chi connectivity index (χ0n) is 25.2. The maximum absolute atomic E-state index is 15.3. The Bertz CT molecular complexity index is 1600. The number of nitrogens with zero attached hydrogens (tertiary/aromatic N) is 1. The zero-order chi connectivity index (χ0) is 31.0. The second kappa shape index (κ2) is 11.9. The number of aliphatic hydroxyl groups is 1. The molecule has 222 valence electrons. The van der Waals surface area contributed by atoms with Crippen molar-refractivity contribution in [1.29, 1.82) is 0 Å². The largest absolute Gasteiger partial charge is 0.456 e. The lowest BCUT2D eigenvalue weighted by molar-refractivity contribution is 0.00694. The maximum atomic E-state index is 15.3. The summed E-state index contributed by atoms with van der Waals surface area (Å²) in [5.41, 5.74) is 0.173. The van der Waals surface area contributed by atoms with Crippen molar-refractivity contribution in [2.75, 3.05) is 0 Å². The van der Waals surface area contributed by atoms with Crippen molar-refractivity contribution in [2.45, 2.75) is 77.3 Å². The van der Waals surface area contributed by atoms with Crippen LogP contribution >= 0.6 is 11.6 Å². The molecule has 3 aromatic carbocycles. The molecule has 0 spiro atoms. The van der Waals surface area contributed by atoms with E-state index in [2.05, 4.69) is 4.98 Å². The van der Waals surface area contributed by atoms with Crippen molar-refractivity contribution in [3.8, 4) is 0 Å². The fourth-order valence-electron chi connectivity index (χ4n) is 5.59. The second-order valence-electron chi connectivity index (χ2n) is 12.8. The summed E-state index contributed by atoms with van der Waals surface area (Å²) in [6, 6.07) is 16.8. The monoisotopic (exact) mass is 609 g/mol. The number of hydrogen-bond acceptors (Lipinski definition) is 4. The average Bonchev–Trinajstić information content (AvgIpc) is 2.90. The van der Waals surface area contributed by atoms with E-state index in [4.69, 9.17) is 16.3 Å². The van der Waals surface area contributed by atoms with E-state index >= 15 is 8.78 Å². The summed E-state index contributed by atoms with van der Waals surface area (Å²) in [5.74, 6) is -2.82. The topological polar surface area (TPSA) is 59.4 Å². The van der Waals surface area contributed by atoms with Gasteiger partial charge in [-0.05, 0) is 80.3 Å². The van der Waals surface area contributed by atoms with Gasteiger partial charge in [0.15, 0.2) is 11.6 Å². The Labute approximate surface area is 252 Å². The Kier molecular flexibility index (Phi) is 8.98. The summed E-state index contributed by atoms with van der Waals surface area (Å²) in [7, 11) is -2.40. The Balaban J connectivity index is 2.00. The number of rotatable bonds is 8. The van der Waals surface area contributed by atoms with Crippen LogP contribution in [-0.4, -0.2) is 29.7 Å². The van der Waals surface area contributed by atoms with E-state index in [1.165, 1.54) is 0 Å². The first-order valence-corrected chi connectivity index (χ1v) is 18.0. The molecule has 4 aromatic rings. The predicted octanol–water partition coefficient (Wildman–Crippen LogP) is 8.49. The lowest BCUT2D eigenvalue weighted by atomic mass is 9.70. The van der Waals surface area contributed by atoms with Gasteiger partial charge in [-0.25, -0.2) is 13.6 Å². The summed E-state index contributed by atoms with van der Waals surface area (Å²) in [6.45, 7) is 13.3. The van der Waals surface area contributed by atoms with Crippen LogP contribution in [0.1, 0.15) is 73.5 Å². The van der Waals surface area contributed by atoms with Gasteiger partial charge in [0.1, 0.15) is 11.2 Å². The molecule has 2 unspecified atom stereocenters. The smallest absolute Gasteiger partial charge is 0.338 e. The molecule has 1 heterocycles. The number of carbonyl (C=O) groups excluding carboxylic acids is 1. The molecule has 4 rings (SSSR count).